The molecule has 1 atom stereocenters. The van der Waals surface area contributed by atoms with Crippen LogP contribution in [0.5, 0.6) is 11.5 Å². The second-order valence-electron chi connectivity index (χ2n) is 6.32. The van der Waals surface area contributed by atoms with Gasteiger partial charge in [-0.2, -0.15) is 0 Å². The van der Waals surface area contributed by atoms with Crippen LogP contribution < -0.4 is 14.8 Å². The maximum atomic E-state index is 5.92. The number of rotatable bonds is 8. The summed E-state index contributed by atoms with van der Waals surface area (Å²) in [7, 11) is 2.05. The molecule has 1 aliphatic rings. The van der Waals surface area contributed by atoms with Gasteiger partial charge in [-0.1, -0.05) is 6.92 Å². The largest absolute Gasteiger partial charge is 0.494 e. The first-order valence-corrected chi connectivity index (χ1v) is 9.05. The third-order valence-electron chi connectivity index (χ3n) is 4.45. The molecule has 1 aliphatic heterocycles. The molecular weight excluding hydrogens is 352 g/mol. The fraction of sp³-hybridized carbons (Fsp3) is 0.526. The minimum absolute atomic E-state index is 0. The molecule has 26 heavy (non-hydrogen) atoms. The molecule has 3 rings (SSSR count). The Morgan fingerprint density at radius 1 is 1.15 bits per heavy atom. The molecule has 0 aliphatic carbocycles. The summed E-state index contributed by atoms with van der Waals surface area (Å²) in [4.78, 5) is 6.96. The lowest BCUT2D eigenvalue weighted by atomic mass is 10.2. The van der Waals surface area contributed by atoms with E-state index < -0.39 is 0 Å². The number of benzene rings is 1. The Morgan fingerprint density at radius 2 is 1.85 bits per heavy atom. The number of hydrogen-bond donors (Lipinski definition) is 1. The monoisotopic (exact) mass is 380 g/mol. The molecule has 1 aromatic heterocycles. The van der Waals surface area contributed by atoms with Crippen molar-refractivity contribution in [2.24, 2.45) is 7.05 Å². The Balaban J connectivity index is 0.00000243. The molecule has 1 fully saturated rings. The summed E-state index contributed by atoms with van der Waals surface area (Å²) in [5.41, 5.74) is 0. The molecule has 0 saturated carbocycles. The molecule has 6 nitrogen and oxygen atoms in total. The molecule has 1 saturated heterocycles. The molecule has 1 N–H and O–H groups in total. The first-order valence-electron chi connectivity index (χ1n) is 9.05. The van der Waals surface area contributed by atoms with Gasteiger partial charge in [0.2, 0.25) is 0 Å². The normalized spacial score (nSPS) is 17.5. The van der Waals surface area contributed by atoms with E-state index in [4.69, 9.17) is 9.47 Å². The first kappa shape index (κ1) is 20.6. The van der Waals surface area contributed by atoms with E-state index in [0.29, 0.717) is 12.6 Å². The third-order valence-corrected chi connectivity index (χ3v) is 4.45. The van der Waals surface area contributed by atoms with Gasteiger partial charge >= 0.3 is 0 Å². The SMILES string of the molecule is CCCOc1ccc(OCCN2CCNCC2c2nccn2C)cc1.Cl. The summed E-state index contributed by atoms with van der Waals surface area (Å²) in [6.07, 6.45) is 4.88. The van der Waals surface area contributed by atoms with Crippen molar-refractivity contribution in [1.29, 1.82) is 0 Å². The lowest BCUT2D eigenvalue weighted by molar-refractivity contribution is 0.127. The molecule has 7 heteroatoms. The minimum Gasteiger partial charge on any atom is -0.494 e. The van der Waals surface area contributed by atoms with Crippen molar-refractivity contribution in [2.75, 3.05) is 39.4 Å². The molecule has 2 aromatic rings. The van der Waals surface area contributed by atoms with Crippen LogP contribution in [0.25, 0.3) is 0 Å². The first-order chi connectivity index (χ1) is 12.3. The molecule has 0 amide bonds. The lowest BCUT2D eigenvalue weighted by Crippen LogP contribution is -2.48. The van der Waals surface area contributed by atoms with E-state index >= 15 is 0 Å². The summed E-state index contributed by atoms with van der Waals surface area (Å²) in [6.45, 7) is 7.33. The quantitative estimate of drug-likeness (QED) is 0.763. The molecule has 144 valence electrons. The highest BCUT2D eigenvalue weighted by Gasteiger charge is 2.26. The molecule has 1 aromatic carbocycles. The van der Waals surface area contributed by atoms with E-state index in [2.05, 4.69) is 26.7 Å². The van der Waals surface area contributed by atoms with Gasteiger partial charge in [-0.3, -0.25) is 4.90 Å². The van der Waals surface area contributed by atoms with Gasteiger partial charge < -0.3 is 19.4 Å². The summed E-state index contributed by atoms with van der Waals surface area (Å²) < 4.78 is 13.6. The van der Waals surface area contributed by atoms with Gasteiger partial charge in [0.25, 0.3) is 0 Å². The van der Waals surface area contributed by atoms with Crippen LogP contribution in [0, 0.1) is 0 Å². The van der Waals surface area contributed by atoms with E-state index in [-0.39, 0.29) is 12.4 Å². The average Bonchev–Trinajstić information content (AvgIpc) is 3.07. The van der Waals surface area contributed by atoms with Gasteiger partial charge in [0.15, 0.2) is 0 Å². The predicted molar refractivity (Wildman–Crippen MR) is 105 cm³/mol. The van der Waals surface area contributed by atoms with E-state index in [1.54, 1.807) is 0 Å². The zero-order valence-electron chi connectivity index (χ0n) is 15.6. The second kappa shape index (κ2) is 10.4. The summed E-state index contributed by atoms with van der Waals surface area (Å²) >= 11 is 0. The molecule has 0 spiro atoms. The highest BCUT2D eigenvalue weighted by Crippen LogP contribution is 2.21. The van der Waals surface area contributed by atoms with E-state index in [0.717, 1.165) is 56.5 Å². The Kier molecular flexibility index (Phi) is 8.22. The van der Waals surface area contributed by atoms with Crippen molar-refractivity contribution >= 4 is 12.4 Å². The second-order valence-corrected chi connectivity index (χ2v) is 6.32. The number of ether oxygens (including phenoxy) is 2. The number of hydrogen-bond acceptors (Lipinski definition) is 5. The highest BCUT2D eigenvalue weighted by atomic mass is 35.5. The summed E-state index contributed by atoms with van der Waals surface area (Å²) in [6, 6.07) is 8.17. The smallest absolute Gasteiger partial charge is 0.127 e. The fourth-order valence-corrected chi connectivity index (χ4v) is 3.10. The van der Waals surface area contributed by atoms with E-state index in [1.807, 2.05) is 43.7 Å². The van der Waals surface area contributed by atoms with Crippen LogP contribution in [0.1, 0.15) is 25.2 Å². The Bertz CT molecular complexity index is 647. The Hall–Kier alpha value is -1.76. The number of nitrogens with one attached hydrogen (secondary N) is 1. The van der Waals surface area contributed by atoms with Crippen molar-refractivity contribution in [3.8, 4) is 11.5 Å². The molecular formula is C19H29ClN4O2. The maximum absolute atomic E-state index is 5.92. The Labute approximate surface area is 161 Å². The lowest BCUT2D eigenvalue weighted by Gasteiger charge is -2.35. The van der Waals surface area contributed by atoms with Crippen molar-refractivity contribution in [1.82, 2.24) is 19.8 Å². The molecule has 1 unspecified atom stereocenters. The number of imidazole rings is 1. The van der Waals surface area contributed by atoms with Gasteiger partial charge in [-0.15, -0.1) is 12.4 Å². The van der Waals surface area contributed by atoms with Crippen LogP contribution in [-0.4, -0.2) is 53.8 Å². The maximum Gasteiger partial charge on any atom is 0.127 e. The van der Waals surface area contributed by atoms with Gasteiger partial charge in [0, 0.05) is 45.6 Å². The third kappa shape index (κ3) is 5.37. The summed E-state index contributed by atoms with van der Waals surface area (Å²) in [5, 5.41) is 3.46. The zero-order valence-corrected chi connectivity index (χ0v) is 16.4. The Morgan fingerprint density at radius 3 is 2.46 bits per heavy atom. The highest BCUT2D eigenvalue weighted by molar-refractivity contribution is 5.85. The van der Waals surface area contributed by atoms with Crippen LogP contribution in [0.4, 0.5) is 0 Å². The number of aryl methyl sites for hydroxylation is 1. The molecule has 0 radical (unpaired) electrons. The summed E-state index contributed by atoms with van der Waals surface area (Å²) in [5.74, 6) is 2.88. The number of halogens is 1. The standard InChI is InChI=1S/C19H28N4O2.ClH/c1-3-13-24-16-4-6-17(7-5-16)25-14-12-23-11-8-20-15-18(23)19-21-9-10-22(19)2;/h4-7,9-10,18,20H,3,8,11-15H2,1-2H3;1H. The molecule has 0 bridgehead atoms. The van der Waals surface area contributed by atoms with Gasteiger partial charge in [0.1, 0.15) is 23.9 Å². The number of nitrogens with zero attached hydrogens (tertiary/aromatic N) is 3. The number of piperazine rings is 1. The zero-order chi connectivity index (χ0) is 17.5. The average molecular weight is 381 g/mol. The van der Waals surface area contributed by atoms with Crippen molar-refractivity contribution in [2.45, 2.75) is 19.4 Å². The fourth-order valence-electron chi connectivity index (χ4n) is 3.10. The van der Waals surface area contributed by atoms with Crippen LogP contribution in [0.2, 0.25) is 0 Å². The van der Waals surface area contributed by atoms with Crippen LogP contribution in [0.3, 0.4) is 0 Å². The van der Waals surface area contributed by atoms with Gasteiger partial charge in [-0.25, -0.2) is 4.98 Å². The van der Waals surface area contributed by atoms with E-state index in [1.165, 1.54) is 0 Å². The number of aromatic nitrogens is 2. The van der Waals surface area contributed by atoms with Crippen LogP contribution in [-0.2, 0) is 7.05 Å². The van der Waals surface area contributed by atoms with Gasteiger partial charge in [-0.05, 0) is 30.7 Å². The van der Waals surface area contributed by atoms with Crippen LogP contribution in [0.15, 0.2) is 36.7 Å². The predicted octanol–water partition coefficient (Wildman–Crippen LogP) is 2.66. The van der Waals surface area contributed by atoms with Crippen molar-refractivity contribution < 1.29 is 9.47 Å². The van der Waals surface area contributed by atoms with Crippen LogP contribution >= 0.6 is 12.4 Å². The van der Waals surface area contributed by atoms with Crippen molar-refractivity contribution in [3.63, 3.8) is 0 Å². The van der Waals surface area contributed by atoms with Gasteiger partial charge in [0.05, 0.1) is 12.6 Å². The van der Waals surface area contributed by atoms with Crippen molar-refractivity contribution in [3.05, 3.63) is 42.5 Å². The minimum atomic E-state index is 0. The topological polar surface area (TPSA) is 51.6 Å². The van der Waals surface area contributed by atoms with E-state index in [9.17, 15) is 0 Å². The molecule has 2 heterocycles.